The van der Waals surface area contributed by atoms with E-state index in [0.717, 1.165) is 0 Å². The molecule has 0 bridgehead atoms. The standard InChI is InChI=1S/C2HF3O2.CClF3OS.K/c3-2(4,5)1(6)7;2-7(6)1(3,4)5;/h(H,6,7);;/q;;+1/p-1. The first-order valence-electron chi connectivity index (χ1n) is 2.32. The molecule has 0 radical (unpaired) electrons. The average Bonchev–Trinajstić information content (AvgIpc) is 1.83. The molecule has 1 atom stereocenters. The van der Waals surface area contributed by atoms with Crippen molar-refractivity contribution in [3.63, 3.8) is 0 Å². The Kier molecular flexibility index (Phi) is 11.8. The number of carbonyl (C=O) groups is 1. The summed E-state index contributed by atoms with van der Waals surface area (Å²) in [7, 11) is 0.890. The Morgan fingerprint density at radius 2 is 1.27 bits per heavy atom. The molecule has 1 unspecified atom stereocenters. The van der Waals surface area contributed by atoms with Gasteiger partial charge in [0.1, 0.15) is 5.97 Å². The van der Waals surface area contributed by atoms with E-state index >= 15 is 0 Å². The van der Waals surface area contributed by atoms with Gasteiger partial charge in [-0.3, -0.25) is 0 Å². The number of alkyl halides is 6. The Balaban J connectivity index is -0.000000180. The number of aliphatic carboxylic acids is 1. The molecule has 0 saturated carbocycles. The molecule has 0 aliphatic carbocycles. The quantitative estimate of drug-likeness (QED) is 0.288. The molecule has 0 spiro atoms. The molecule has 12 heteroatoms. The summed E-state index contributed by atoms with van der Waals surface area (Å²) in [6, 6.07) is 0. The van der Waals surface area contributed by atoms with Gasteiger partial charge in [0.05, 0.1) is 0 Å². The van der Waals surface area contributed by atoms with E-state index in [-0.39, 0.29) is 51.4 Å². The molecule has 86 valence electrons. The summed E-state index contributed by atoms with van der Waals surface area (Å²) < 4.78 is 73.0. The summed E-state index contributed by atoms with van der Waals surface area (Å²) in [4.78, 5) is 8.78. The second-order valence-corrected chi connectivity index (χ2v) is 3.21. The maximum absolute atomic E-state index is 10.7. The van der Waals surface area contributed by atoms with E-state index in [4.69, 9.17) is 9.90 Å². The van der Waals surface area contributed by atoms with Crippen molar-refractivity contribution in [3.8, 4) is 0 Å². The number of halogens is 7. The van der Waals surface area contributed by atoms with Crippen LogP contribution in [0.1, 0.15) is 0 Å². The molecule has 0 aliphatic heterocycles. The molecule has 0 fully saturated rings. The maximum atomic E-state index is 10.7. The Morgan fingerprint density at radius 3 is 1.27 bits per heavy atom. The van der Waals surface area contributed by atoms with Crippen molar-refractivity contribution < 1.29 is 91.8 Å². The predicted octanol–water partition coefficient (Wildman–Crippen LogP) is -2.29. The molecule has 0 saturated heterocycles. The largest absolute Gasteiger partial charge is 1.00 e. The third-order valence-corrected chi connectivity index (χ3v) is 1.30. The monoisotopic (exact) mass is 304 g/mol. The Bertz CT molecular complexity index is 203. The number of carboxylic acids is 1. The van der Waals surface area contributed by atoms with E-state index < -0.39 is 27.7 Å². The number of carbonyl (C=O) groups excluding carboxylic acids is 1. The van der Waals surface area contributed by atoms with E-state index in [2.05, 4.69) is 10.7 Å². The van der Waals surface area contributed by atoms with Gasteiger partial charge in [-0.2, -0.15) is 26.3 Å². The summed E-state index contributed by atoms with van der Waals surface area (Å²) in [5, 5.41) is 8.78. The van der Waals surface area contributed by atoms with Gasteiger partial charge in [0.15, 0.2) is 0 Å². The summed E-state index contributed by atoms with van der Waals surface area (Å²) in [5.41, 5.74) is -4.76. The third kappa shape index (κ3) is 15.1. The van der Waals surface area contributed by atoms with Crippen LogP contribution in [-0.2, 0) is 14.8 Å². The topological polar surface area (TPSA) is 57.2 Å². The van der Waals surface area contributed by atoms with Crippen molar-refractivity contribution in [1.82, 2.24) is 0 Å². The number of rotatable bonds is 0. The zero-order valence-electron chi connectivity index (χ0n) is 6.78. The first kappa shape index (κ1) is 21.4. The van der Waals surface area contributed by atoms with E-state index in [9.17, 15) is 30.6 Å². The number of carboxylic acid groups (broad SMARTS) is 1. The van der Waals surface area contributed by atoms with E-state index in [0.29, 0.717) is 0 Å². The van der Waals surface area contributed by atoms with Gasteiger partial charge >= 0.3 is 63.1 Å². The molecule has 0 aliphatic rings. The second-order valence-electron chi connectivity index (χ2n) is 1.45. The minimum Gasteiger partial charge on any atom is -0.542 e. The van der Waals surface area contributed by atoms with Gasteiger partial charge in [0.25, 0.3) is 0 Å². The number of hydrogen-bond donors (Lipinski definition) is 0. The average molecular weight is 305 g/mol. The normalized spacial score (nSPS) is 13.0. The van der Waals surface area contributed by atoms with Crippen molar-refractivity contribution in [2.75, 3.05) is 0 Å². The van der Waals surface area contributed by atoms with Crippen LogP contribution in [0.3, 0.4) is 0 Å². The zero-order valence-corrected chi connectivity index (χ0v) is 11.5. The molecule has 15 heavy (non-hydrogen) atoms. The van der Waals surface area contributed by atoms with Crippen molar-refractivity contribution in [2.24, 2.45) is 0 Å². The molecular formula is C3ClF6KO3S. The minimum absolute atomic E-state index is 0. The van der Waals surface area contributed by atoms with E-state index in [1.165, 1.54) is 0 Å². The summed E-state index contributed by atoms with van der Waals surface area (Å²) in [6.07, 6.45) is -5.19. The van der Waals surface area contributed by atoms with Crippen LogP contribution in [0.4, 0.5) is 26.3 Å². The molecule has 0 heterocycles. The van der Waals surface area contributed by atoms with Crippen molar-refractivity contribution in [2.45, 2.75) is 11.7 Å². The van der Waals surface area contributed by atoms with Gasteiger partial charge in [0, 0.05) is 0 Å². The van der Waals surface area contributed by atoms with Crippen LogP contribution in [0.2, 0.25) is 0 Å². The molecule has 0 amide bonds. The summed E-state index contributed by atoms with van der Waals surface area (Å²) in [6.45, 7) is 0. The fourth-order valence-corrected chi connectivity index (χ4v) is 0. The zero-order chi connectivity index (χ0) is 12.2. The molecule has 0 N–H and O–H groups in total. The van der Waals surface area contributed by atoms with Gasteiger partial charge in [-0.05, 0) is 10.7 Å². The van der Waals surface area contributed by atoms with Gasteiger partial charge in [-0.25, -0.2) is 4.21 Å². The van der Waals surface area contributed by atoms with Gasteiger partial charge < -0.3 is 9.90 Å². The smallest absolute Gasteiger partial charge is 0.542 e. The van der Waals surface area contributed by atoms with Crippen LogP contribution < -0.4 is 56.5 Å². The number of hydrogen-bond acceptors (Lipinski definition) is 3. The minimum atomic E-state index is -5.19. The fraction of sp³-hybridized carbons (Fsp3) is 0.667. The molecular weight excluding hydrogens is 305 g/mol. The van der Waals surface area contributed by atoms with Crippen LogP contribution >= 0.6 is 10.7 Å². The fourth-order valence-electron chi connectivity index (χ4n) is 0. The summed E-state index contributed by atoms with van der Waals surface area (Å²) in [5.74, 6) is -3.01. The van der Waals surface area contributed by atoms with Crippen LogP contribution in [0.25, 0.3) is 0 Å². The molecule has 0 aromatic rings. The Labute approximate surface area is 129 Å². The molecule has 3 nitrogen and oxygen atoms in total. The Morgan fingerprint density at radius 1 is 1.13 bits per heavy atom. The SMILES string of the molecule is O=C([O-])C(F)(F)F.O=S(Cl)C(F)(F)F.[K+]. The van der Waals surface area contributed by atoms with E-state index in [1.807, 2.05) is 0 Å². The molecule has 0 aromatic carbocycles. The van der Waals surface area contributed by atoms with Gasteiger partial charge in [-0.1, -0.05) is 0 Å². The predicted molar refractivity (Wildman–Crippen MR) is 31.1 cm³/mol. The van der Waals surface area contributed by atoms with Crippen molar-refractivity contribution >= 4 is 26.7 Å². The molecule has 0 rings (SSSR count). The Hall–Kier alpha value is 1.13. The third-order valence-electron chi connectivity index (χ3n) is 0.413. The van der Waals surface area contributed by atoms with Gasteiger partial charge in [-0.15, -0.1) is 0 Å². The van der Waals surface area contributed by atoms with Gasteiger partial charge in [0.2, 0.25) is 10.0 Å². The first-order valence-corrected chi connectivity index (χ1v) is 4.29. The van der Waals surface area contributed by atoms with Crippen molar-refractivity contribution in [1.29, 1.82) is 0 Å². The van der Waals surface area contributed by atoms with Crippen LogP contribution in [0.15, 0.2) is 0 Å². The second kappa shape index (κ2) is 8.25. The van der Waals surface area contributed by atoms with Crippen LogP contribution in [-0.4, -0.2) is 21.9 Å². The van der Waals surface area contributed by atoms with E-state index in [1.54, 1.807) is 0 Å². The van der Waals surface area contributed by atoms with Crippen LogP contribution in [0, 0.1) is 0 Å². The van der Waals surface area contributed by atoms with Crippen molar-refractivity contribution in [3.05, 3.63) is 0 Å². The maximum Gasteiger partial charge on any atom is 1.00 e. The molecule has 0 aromatic heterocycles. The van der Waals surface area contributed by atoms with Crippen LogP contribution in [0.5, 0.6) is 0 Å². The first-order chi connectivity index (χ1) is 5.89. The summed E-state index contributed by atoms with van der Waals surface area (Å²) >= 11 is 0.